The van der Waals surface area contributed by atoms with Crippen molar-refractivity contribution in [2.75, 3.05) is 0 Å². The first-order valence-corrected chi connectivity index (χ1v) is 6.96. The van der Waals surface area contributed by atoms with Crippen LogP contribution < -0.4 is 11.3 Å². The molecule has 1 aliphatic rings. The van der Waals surface area contributed by atoms with Crippen molar-refractivity contribution in [3.05, 3.63) is 46.1 Å². The number of benzene rings is 1. The number of hydrogen-bond donors (Lipinski definition) is 1. The largest absolute Gasteiger partial charge is 0.338 e. The number of nitrogens with zero attached hydrogens (tertiary/aromatic N) is 3. The van der Waals surface area contributed by atoms with E-state index in [9.17, 15) is 4.79 Å². The van der Waals surface area contributed by atoms with Crippen molar-refractivity contribution in [2.45, 2.75) is 25.9 Å². The normalized spacial score (nSPS) is 13.8. The van der Waals surface area contributed by atoms with Gasteiger partial charge in [0.15, 0.2) is 0 Å². The van der Waals surface area contributed by atoms with Crippen LogP contribution in [-0.2, 0) is 19.5 Å². The molecule has 106 valence electrons. The van der Waals surface area contributed by atoms with Gasteiger partial charge in [0.25, 0.3) is 5.56 Å². The van der Waals surface area contributed by atoms with Gasteiger partial charge in [-0.05, 0) is 29.9 Å². The predicted octanol–water partition coefficient (Wildman–Crippen LogP) is 1.46. The van der Waals surface area contributed by atoms with Crippen molar-refractivity contribution in [1.82, 2.24) is 14.7 Å². The number of para-hydroxylation sites is 1. The van der Waals surface area contributed by atoms with Crippen molar-refractivity contribution in [1.29, 1.82) is 0 Å². The molecule has 2 N–H and O–H groups in total. The number of hydrogen-bond acceptors (Lipinski definition) is 5. The van der Waals surface area contributed by atoms with Crippen LogP contribution in [0.3, 0.4) is 0 Å². The Hall–Kier alpha value is -2.47. The highest BCUT2D eigenvalue weighted by Gasteiger charge is 2.19. The summed E-state index contributed by atoms with van der Waals surface area (Å²) < 4.78 is 6.83. The van der Waals surface area contributed by atoms with Gasteiger partial charge in [0.1, 0.15) is 0 Å². The minimum atomic E-state index is -0.0704. The van der Waals surface area contributed by atoms with Crippen LogP contribution in [0, 0.1) is 0 Å². The van der Waals surface area contributed by atoms with E-state index in [0.717, 1.165) is 30.3 Å². The molecule has 0 amide bonds. The molecule has 1 aromatic carbocycles. The molecule has 0 aliphatic carbocycles. The molecule has 0 bridgehead atoms. The standard InChI is InChI=1S/C15H14N4O2/c16-8-12-17-14(18-21-12)11-7-10-4-1-3-9-5-2-6-19(13(9)10)15(11)20/h1,3-4,7H,2,5-6,8,16H2. The van der Waals surface area contributed by atoms with E-state index in [1.807, 2.05) is 22.8 Å². The van der Waals surface area contributed by atoms with Crippen LogP contribution >= 0.6 is 0 Å². The summed E-state index contributed by atoms with van der Waals surface area (Å²) in [7, 11) is 0. The Labute approximate surface area is 120 Å². The molecule has 2 aromatic heterocycles. The van der Waals surface area contributed by atoms with Gasteiger partial charge < -0.3 is 14.8 Å². The van der Waals surface area contributed by atoms with Gasteiger partial charge in [-0.1, -0.05) is 23.4 Å². The van der Waals surface area contributed by atoms with Crippen molar-refractivity contribution >= 4 is 10.9 Å². The SMILES string of the molecule is NCc1nc(-c2cc3cccc4c3n(c2=O)CCC4)no1. The van der Waals surface area contributed by atoms with Crippen molar-refractivity contribution in [3.63, 3.8) is 0 Å². The molecule has 0 saturated heterocycles. The van der Waals surface area contributed by atoms with Gasteiger partial charge in [-0.25, -0.2) is 0 Å². The number of pyridine rings is 1. The molecule has 0 spiro atoms. The van der Waals surface area contributed by atoms with Gasteiger partial charge in [0.05, 0.1) is 17.6 Å². The first-order valence-electron chi connectivity index (χ1n) is 6.96. The lowest BCUT2D eigenvalue weighted by molar-refractivity contribution is 0.380. The predicted molar refractivity (Wildman–Crippen MR) is 77.7 cm³/mol. The summed E-state index contributed by atoms with van der Waals surface area (Å²) >= 11 is 0. The molecule has 0 unspecified atom stereocenters. The molecule has 0 atom stereocenters. The maximum absolute atomic E-state index is 12.7. The minimum Gasteiger partial charge on any atom is -0.338 e. The van der Waals surface area contributed by atoms with Gasteiger partial charge in [-0.2, -0.15) is 4.98 Å². The molecule has 21 heavy (non-hydrogen) atoms. The van der Waals surface area contributed by atoms with Gasteiger partial charge in [-0.15, -0.1) is 0 Å². The van der Waals surface area contributed by atoms with Crippen LogP contribution in [0.15, 0.2) is 33.6 Å². The van der Waals surface area contributed by atoms with E-state index in [-0.39, 0.29) is 12.1 Å². The Balaban J connectivity index is 2.03. The number of nitrogens with two attached hydrogens (primary N) is 1. The zero-order chi connectivity index (χ0) is 14.4. The van der Waals surface area contributed by atoms with Gasteiger partial charge in [0.2, 0.25) is 11.7 Å². The number of aromatic nitrogens is 3. The Morgan fingerprint density at radius 3 is 3.10 bits per heavy atom. The summed E-state index contributed by atoms with van der Waals surface area (Å²) in [6.45, 7) is 0.890. The van der Waals surface area contributed by atoms with Crippen LogP contribution in [0.1, 0.15) is 17.9 Å². The van der Waals surface area contributed by atoms with Crippen molar-refractivity contribution in [2.24, 2.45) is 5.73 Å². The molecule has 3 heterocycles. The van der Waals surface area contributed by atoms with Crippen LogP contribution in [-0.4, -0.2) is 14.7 Å². The zero-order valence-electron chi connectivity index (χ0n) is 11.4. The maximum atomic E-state index is 12.7. The Morgan fingerprint density at radius 2 is 2.29 bits per heavy atom. The third-order valence-corrected chi connectivity index (χ3v) is 3.91. The lowest BCUT2D eigenvalue weighted by atomic mass is 10.00. The first kappa shape index (κ1) is 12.3. The molecule has 6 heteroatoms. The average Bonchev–Trinajstić information content (AvgIpc) is 2.99. The molecule has 1 aliphatic heterocycles. The second-order valence-electron chi connectivity index (χ2n) is 5.19. The fourth-order valence-electron chi connectivity index (χ4n) is 2.97. The van der Waals surface area contributed by atoms with E-state index < -0.39 is 0 Å². The van der Waals surface area contributed by atoms with Crippen molar-refractivity contribution < 1.29 is 4.52 Å². The van der Waals surface area contributed by atoms with E-state index >= 15 is 0 Å². The molecule has 0 radical (unpaired) electrons. The van der Waals surface area contributed by atoms with Crippen LogP contribution in [0.2, 0.25) is 0 Å². The van der Waals surface area contributed by atoms with Gasteiger partial charge in [-0.3, -0.25) is 4.79 Å². The minimum absolute atomic E-state index is 0.0704. The molecule has 4 rings (SSSR count). The third-order valence-electron chi connectivity index (χ3n) is 3.91. The van der Waals surface area contributed by atoms with Gasteiger partial charge in [0, 0.05) is 6.54 Å². The summed E-state index contributed by atoms with van der Waals surface area (Å²) in [5.41, 5.74) is 8.12. The molecule has 0 saturated carbocycles. The molecular formula is C15H14N4O2. The van der Waals surface area contributed by atoms with E-state index in [0.29, 0.717) is 17.3 Å². The third kappa shape index (κ3) is 1.80. The van der Waals surface area contributed by atoms with Gasteiger partial charge >= 0.3 is 0 Å². The topological polar surface area (TPSA) is 86.9 Å². The second kappa shape index (κ2) is 4.53. The summed E-state index contributed by atoms with van der Waals surface area (Å²) in [5, 5.41) is 4.89. The smallest absolute Gasteiger partial charge is 0.262 e. The zero-order valence-corrected chi connectivity index (χ0v) is 11.4. The lowest BCUT2D eigenvalue weighted by Crippen LogP contribution is -2.26. The summed E-state index contributed by atoms with van der Waals surface area (Å²) in [4.78, 5) is 16.9. The number of rotatable bonds is 2. The Bertz CT molecular complexity index is 894. The van der Waals surface area contributed by atoms with E-state index in [4.69, 9.17) is 10.3 Å². The fourth-order valence-corrected chi connectivity index (χ4v) is 2.97. The fraction of sp³-hybridized carbons (Fsp3) is 0.267. The molecular weight excluding hydrogens is 268 g/mol. The van der Waals surface area contributed by atoms with Crippen LogP contribution in [0.25, 0.3) is 22.3 Å². The van der Waals surface area contributed by atoms with E-state index in [1.54, 1.807) is 0 Å². The highest BCUT2D eigenvalue weighted by molar-refractivity contribution is 5.86. The number of aryl methyl sites for hydroxylation is 2. The monoisotopic (exact) mass is 282 g/mol. The molecule has 0 fully saturated rings. The highest BCUT2D eigenvalue weighted by atomic mass is 16.5. The molecule has 3 aromatic rings. The van der Waals surface area contributed by atoms with Crippen LogP contribution in [0.5, 0.6) is 0 Å². The van der Waals surface area contributed by atoms with Crippen LogP contribution in [0.4, 0.5) is 0 Å². The summed E-state index contributed by atoms with van der Waals surface area (Å²) in [5.74, 6) is 0.638. The molecule has 6 nitrogen and oxygen atoms in total. The summed E-state index contributed by atoms with van der Waals surface area (Å²) in [6.07, 6.45) is 1.98. The summed E-state index contributed by atoms with van der Waals surface area (Å²) in [6, 6.07) is 7.95. The van der Waals surface area contributed by atoms with E-state index in [2.05, 4.69) is 16.2 Å². The average molecular weight is 282 g/mol. The first-order chi connectivity index (χ1) is 10.3. The van der Waals surface area contributed by atoms with Crippen molar-refractivity contribution in [3.8, 4) is 11.4 Å². The second-order valence-corrected chi connectivity index (χ2v) is 5.19. The van der Waals surface area contributed by atoms with E-state index in [1.165, 1.54) is 5.56 Å². The maximum Gasteiger partial charge on any atom is 0.262 e. The Kier molecular flexibility index (Phi) is 2.65. The Morgan fingerprint density at radius 1 is 1.38 bits per heavy atom. The lowest BCUT2D eigenvalue weighted by Gasteiger charge is -2.19. The quantitative estimate of drug-likeness (QED) is 0.768. The highest BCUT2D eigenvalue weighted by Crippen LogP contribution is 2.26.